The number of nitrogens with zero attached hydrogens (tertiary/aromatic N) is 3. The highest BCUT2D eigenvalue weighted by Crippen LogP contribution is 2.38. The SMILES string of the molecule is CCN(CC)C(=O)c1cccc(-c2cccc(-n3cc(C(C)(C)O)nc3-c3ccccc3C(F)(F)F)c2)c1. The summed E-state index contributed by atoms with van der Waals surface area (Å²) in [5.74, 6) is 0.00105. The van der Waals surface area contributed by atoms with Crippen molar-refractivity contribution in [3.63, 3.8) is 0 Å². The van der Waals surface area contributed by atoms with Crippen LogP contribution in [-0.4, -0.2) is 38.6 Å². The van der Waals surface area contributed by atoms with Crippen molar-refractivity contribution in [1.29, 1.82) is 0 Å². The van der Waals surface area contributed by atoms with Crippen molar-refractivity contribution in [2.24, 2.45) is 0 Å². The van der Waals surface area contributed by atoms with Crippen LogP contribution in [0.5, 0.6) is 0 Å². The Hall–Kier alpha value is -3.91. The fraction of sp³-hybridized carbons (Fsp3) is 0.267. The van der Waals surface area contributed by atoms with E-state index in [0.29, 0.717) is 24.3 Å². The second-order valence-electron chi connectivity index (χ2n) is 9.53. The van der Waals surface area contributed by atoms with E-state index in [1.54, 1.807) is 33.9 Å². The zero-order chi connectivity index (χ0) is 27.7. The molecule has 0 atom stereocenters. The highest BCUT2D eigenvalue weighted by Gasteiger charge is 2.35. The van der Waals surface area contributed by atoms with Crippen molar-refractivity contribution < 1.29 is 23.1 Å². The summed E-state index contributed by atoms with van der Waals surface area (Å²) in [5, 5.41) is 10.6. The molecule has 8 heteroatoms. The van der Waals surface area contributed by atoms with Gasteiger partial charge < -0.3 is 10.0 Å². The molecule has 198 valence electrons. The number of aliphatic hydroxyl groups is 1. The summed E-state index contributed by atoms with van der Waals surface area (Å²) in [5.41, 5.74) is 0.669. The number of carbonyl (C=O) groups is 1. The van der Waals surface area contributed by atoms with Crippen molar-refractivity contribution in [3.8, 4) is 28.2 Å². The lowest BCUT2D eigenvalue weighted by Crippen LogP contribution is -2.30. The van der Waals surface area contributed by atoms with Crippen molar-refractivity contribution in [1.82, 2.24) is 14.5 Å². The first-order chi connectivity index (χ1) is 17.9. The number of alkyl halides is 3. The van der Waals surface area contributed by atoms with Crippen LogP contribution >= 0.6 is 0 Å². The summed E-state index contributed by atoms with van der Waals surface area (Å²) < 4.78 is 43.2. The lowest BCUT2D eigenvalue weighted by atomic mass is 10.0. The number of imidazole rings is 1. The number of halogens is 3. The molecule has 0 saturated heterocycles. The number of rotatable bonds is 7. The molecular formula is C30H30F3N3O2. The van der Waals surface area contributed by atoms with Crippen LogP contribution in [0.25, 0.3) is 28.2 Å². The molecule has 0 spiro atoms. The molecular weight excluding hydrogens is 491 g/mol. The van der Waals surface area contributed by atoms with Crippen LogP contribution in [0, 0.1) is 0 Å². The van der Waals surface area contributed by atoms with Crippen LogP contribution in [0.4, 0.5) is 13.2 Å². The van der Waals surface area contributed by atoms with Gasteiger partial charge in [0.2, 0.25) is 0 Å². The number of hydrogen-bond donors (Lipinski definition) is 1. The van der Waals surface area contributed by atoms with Gasteiger partial charge >= 0.3 is 6.18 Å². The van der Waals surface area contributed by atoms with Gasteiger partial charge in [0, 0.05) is 36.1 Å². The molecule has 0 fully saturated rings. The molecule has 38 heavy (non-hydrogen) atoms. The van der Waals surface area contributed by atoms with Gasteiger partial charge in [-0.2, -0.15) is 13.2 Å². The van der Waals surface area contributed by atoms with E-state index in [9.17, 15) is 23.1 Å². The average Bonchev–Trinajstić information content (AvgIpc) is 3.35. The summed E-state index contributed by atoms with van der Waals surface area (Å²) in [6, 6.07) is 19.8. The average molecular weight is 522 g/mol. The molecule has 1 heterocycles. The summed E-state index contributed by atoms with van der Waals surface area (Å²) >= 11 is 0. The first kappa shape index (κ1) is 27.1. The topological polar surface area (TPSA) is 58.4 Å². The number of amides is 1. The normalized spacial score (nSPS) is 12.0. The lowest BCUT2D eigenvalue weighted by Gasteiger charge is -2.19. The van der Waals surface area contributed by atoms with Crippen LogP contribution in [0.2, 0.25) is 0 Å². The van der Waals surface area contributed by atoms with Crippen molar-refractivity contribution >= 4 is 5.91 Å². The molecule has 3 aromatic carbocycles. The van der Waals surface area contributed by atoms with Crippen LogP contribution in [0.1, 0.15) is 49.3 Å². The van der Waals surface area contributed by atoms with Gasteiger partial charge in [-0.25, -0.2) is 4.98 Å². The Kier molecular flexibility index (Phi) is 7.47. The summed E-state index contributed by atoms with van der Waals surface area (Å²) in [7, 11) is 0. The highest BCUT2D eigenvalue weighted by molar-refractivity contribution is 5.95. The molecule has 0 aliphatic rings. The van der Waals surface area contributed by atoms with E-state index in [1.807, 2.05) is 44.2 Å². The molecule has 1 aromatic heterocycles. The molecule has 4 rings (SSSR count). The third kappa shape index (κ3) is 5.50. The Morgan fingerprint density at radius 2 is 1.55 bits per heavy atom. The Morgan fingerprint density at radius 3 is 2.18 bits per heavy atom. The smallest absolute Gasteiger partial charge is 0.384 e. The first-order valence-electron chi connectivity index (χ1n) is 12.4. The lowest BCUT2D eigenvalue weighted by molar-refractivity contribution is -0.137. The fourth-order valence-corrected chi connectivity index (χ4v) is 4.35. The quantitative estimate of drug-likeness (QED) is 0.287. The van der Waals surface area contributed by atoms with Crippen molar-refractivity contribution in [2.45, 2.75) is 39.5 Å². The second-order valence-corrected chi connectivity index (χ2v) is 9.53. The van der Waals surface area contributed by atoms with Gasteiger partial charge in [-0.1, -0.05) is 42.5 Å². The Labute approximate surface area is 220 Å². The maximum Gasteiger partial charge on any atom is 0.417 e. The summed E-state index contributed by atoms with van der Waals surface area (Å²) in [6.45, 7) is 8.12. The molecule has 0 saturated carbocycles. The van der Waals surface area contributed by atoms with Gasteiger partial charge in [-0.3, -0.25) is 9.36 Å². The monoisotopic (exact) mass is 521 g/mol. The predicted octanol–water partition coefficient (Wildman–Crippen LogP) is 6.93. The molecule has 0 bridgehead atoms. The highest BCUT2D eigenvalue weighted by atomic mass is 19.4. The van der Waals surface area contributed by atoms with E-state index < -0.39 is 17.3 Å². The van der Waals surface area contributed by atoms with E-state index in [1.165, 1.54) is 32.0 Å². The maximum absolute atomic E-state index is 13.9. The molecule has 0 unspecified atom stereocenters. The number of benzene rings is 3. The molecule has 0 aliphatic heterocycles. The Morgan fingerprint density at radius 1 is 0.921 bits per heavy atom. The second kappa shape index (κ2) is 10.5. The molecule has 1 amide bonds. The zero-order valence-corrected chi connectivity index (χ0v) is 21.8. The van der Waals surface area contributed by atoms with Gasteiger partial charge in [-0.15, -0.1) is 0 Å². The minimum absolute atomic E-state index is 0.0662. The minimum atomic E-state index is -4.58. The fourth-order valence-electron chi connectivity index (χ4n) is 4.35. The maximum atomic E-state index is 13.9. The standard InChI is InChI=1S/C30H30F3N3O2/c1-5-35(6-2)28(37)22-13-9-11-20(17-22)21-12-10-14-23(18-21)36-19-26(29(3,4)38)34-27(36)24-15-7-8-16-25(24)30(31,32)33/h7-19,38H,5-6H2,1-4H3. The van der Waals surface area contributed by atoms with E-state index >= 15 is 0 Å². The van der Waals surface area contributed by atoms with Crippen LogP contribution in [0.3, 0.4) is 0 Å². The number of carbonyl (C=O) groups excluding carboxylic acids is 1. The molecule has 5 nitrogen and oxygen atoms in total. The van der Waals surface area contributed by atoms with Crippen molar-refractivity contribution in [3.05, 3.63) is 95.8 Å². The molecule has 4 aromatic rings. The minimum Gasteiger partial charge on any atom is -0.384 e. The van der Waals surface area contributed by atoms with Gasteiger partial charge in [0.25, 0.3) is 5.91 Å². The van der Waals surface area contributed by atoms with Gasteiger partial charge in [0.05, 0.1) is 11.3 Å². The molecule has 1 N–H and O–H groups in total. The summed E-state index contributed by atoms with van der Waals surface area (Å²) in [6.07, 6.45) is -3.02. The van der Waals surface area contributed by atoms with E-state index in [2.05, 4.69) is 4.98 Å². The third-order valence-electron chi connectivity index (χ3n) is 6.42. The third-order valence-corrected chi connectivity index (χ3v) is 6.42. The largest absolute Gasteiger partial charge is 0.417 e. The number of aromatic nitrogens is 2. The van der Waals surface area contributed by atoms with E-state index in [4.69, 9.17) is 0 Å². The van der Waals surface area contributed by atoms with Gasteiger partial charge in [0.1, 0.15) is 11.4 Å². The number of hydrogen-bond acceptors (Lipinski definition) is 3. The van der Waals surface area contributed by atoms with Crippen LogP contribution in [0.15, 0.2) is 79.0 Å². The predicted molar refractivity (Wildman–Crippen MR) is 142 cm³/mol. The molecule has 0 aliphatic carbocycles. The van der Waals surface area contributed by atoms with Crippen molar-refractivity contribution in [2.75, 3.05) is 13.1 Å². The van der Waals surface area contributed by atoms with Crippen LogP contribution < -0.4 is 0 Å². The zero-order valence-electron chi connectivity index (χ0n) is 21.8. The summed E-state index contributed by atoms with van der Waals surface area (Å²) in [4.78, 5) is 19.1. The van der Waals surface area contributed by atoms with Gasteiger partial charge in [-0.05, 0) is 69.2 Å². The molecule has 0 radical (unpaired) electrons. The Balaban J connectivity index is 1.85. The van der Waals surface area contributed by atoms with Gasteiger partial charge in [0.15, 0.2) is 0 Å². The van der Waals surface area contributed by atoms with E-state index in [-0.39, 0.29) is 23.0 Å². The van der Waals surface area contributed by atoms with Crippen LogP contribution in [-0.2, 0) is 11.8 Å². The first-order valence-corrected chi connectivity index (χ1v) is 12.4. The van der Waals surface area contributed by atoms with E-state index in [0.717, 1.165) is 17.2 Å². The Bertz CT molecular complexity index is 1450.